The Morgan fingerprint density at radius 2 is 2.12 bits per heavy atom. The molecule has 0 spiro atoms. The molecule has 4 heteroatoms. The van der Waals surface area contributed by atoms with Crippen LogP contribution in [0.15, 0.2) is 23.8 Å². The Hall–Kier alpha value is -1.97. The lowest BCUT2D eigenvalue weighted by atomic mass is 10.0. The fourth-order valence-corrected chi connectivity index (χ4v) is 1.61. The van der Waals surface area contributed by atoms with E-state index >= 15 is 0 Å². The van der Waals surface area contributed by atoms with E-state index in [2.05, 4.69) is 5.32 Å². The minimum absolute atomic E-state index is 0.0929. The highest BCUT2D eigenvalue weighted by molar-refractivity contribution is 6.15. The van der Waals surface area contributed by atoms with Crippen LogP contribution in [0.25, 0.3) is 6.08 Å². The summed E-state index contributed by atoms with van der Waals surface area (Å²) in [5, 5.41) is 2.20. The third kappa shape index (κ3) is 2.00. The van der Waals surface area contributed by atoms with Gasteiger partial charge in [0, 0.05) is 5.57 Å². The summed E-state index contributed by atoms with van der Waals surface area (Å²) in [5.74, 6) is -0.976. The quantitative estimate of drug-likeness (QED) is 0.575. The lowest BCUT2D eigenvalue weighted by Crippen LogP contribution is -2.19. The van der Waals surface area contributed by atoms with Gasteiger partial charge in [-0.05, 0) is 36.3 Å². The zero-order valence-electron chi connectivity index (χ0n) is 8.71. The number of imide groups is 1. The number of hydrogen-bond donors (Lipinski definition) is 1. The maximum atomic E-state index is 12.8. The molecule has 2 amide bonds. The Morgan fingerprint density at radius 1 is 1.38 bits per heavy atom. The van der Waals surface area contributed by atoms with Gasteiger partial charge in [-0.2, -0.15) is 0 Å². The van der Waals surface area contributed by atoms with Gasteiger partial charge in [0.05, 0.1) is 6.42 Å². The third-order valence-electron chi connectivity index (χ3n) is 2.46. The first-order valence-electron chi connectivity index (χ1n) is 4.87. The molecule has 0 bridgehead atoms. The number of rotatable bonds is 1. The molecular formula is C12H10FNO2. The van der Waals surface area contributed by atoms with Crippen molar-refractivity contribution in [2.75, 3.05) is 0 Å². The van der Waals surface area contributed by atoms with Crippen molar-refractivity contribution in [3.63, 3.8) is 0 Å². The van der Waals surface area contributed by atoms with Crippen LogP contribution >= 0.6 is 0 Å². The third-order valence-corrected chi connectivity index (χ3v) is 2.46. The molecular weight excluding hydrogens is 209 g/mol. The minimum Gasteiger partial charge on any atom is -0.292 e. The first-order valence-corrected chi connectivity index (χ1v) is 4.87. The summed E-state index contributed by atoms with van der Waals surface area (Å²) < 4.78 is 12.8. The van der Waals surface area contributed by atoms with Crippen LogP contribution in [-0.2, 0) is 9.59 Å². The average molecular weight is 219 g/mol. The summed E-state index contributed by atoms with van der Waals surface area (Å²) >= 11 is 0. The minimum atomic E-state index is -0.367. The molecule has 1 heterocycles. The van der Waals surface area contributed by atoms with E-state index in [4.69, 9.17) is 0 Å². The van der Waals surface area contributed by atoms with E-state index < -0.39 is 0 Å². The summed E-state index contributed by atoms with van der Waals surface area (Å²) in [5.41, 5.74) is 1.90. The van der Waals surface area contributed by atoms with Gasteiger partial charge in [0.25, 0.3) is 5.91 Å². The molecule has 0 unspecified atom stereocenters. The van der Waals surface area contributed by atoms with Gasteiger partial charge in [-0.1, -0.05) is 6.07 Å². The van der Waals surface area contributed by atoms with E-state index in [0.29, 0.717) is 5.57 Å². The highest BCUT2D eigenvalue weighted by Crippen LogP contribution is 2.18. The van der Waals surface area contributed by atoms with E-state index in [1.807, 2.05) is 0 Å². The second kappa shape index (κ2) is 3.89. The Balaban J connectivity index is 2.36. The van der Waals surface area contributed by atoms with Crippen LogP contribution < -0.4 is 5.32 Å². The molecule has 1 aliphatic heterocycles. The number of halogens is 1. The molecule has 0 saturated carbocycles. The second-order valence-corrected chi connectivity index (χ2v) is 3.72. The van der Waals surface area contributed by atoms with E-state index in [1.54, 1.807) is 19.1 Å². The first kappa shape index (κ1) is 10.5. The van der Waals surface area contributed by atoms with Crippen molar-refractivity contribution in [1.82, 2.24) is 5.32 Å². The number of hydrogen-bond acceptors (Lipinski definition) is 2. The zero-order chi connectivity index (χ0) is 11.7. The molecule has 0 aromatic heterocycles. The largest absolute Gasteiger partial charge is 0.292 e. The Bertz CT molecular complexity index is 506. The number of carbonyl (C=O) groups is 2. The summed E-state index contributed by atoms with van der Waals surface area (Å²) in [6.45, 7) is 1.75. The lowest BCUT2D eigenvalue weighted by molar-refractivity contribution is -0.124. The van der Waals surface area contributed by atoms with E-state index in [1.165, 1.54) is 12.1 Å². The molecule has 1 aromatic rings. The average Bonchev–Trinajstić information content (AvgIpc) is 2.50. The molecule has 1 aliphatic rings. The molecule has 0 aliphatic carbocycles. The molecule has 82 valence electrons. The number of nitrogens with one attached hydrogen (secondary N) is 1. The smallest absolute Gasteiger partial charge is 0.254 e. The normalized spacial score (nSPS) is 18.0. The maximum Gasteiger partial charge on any atom is 0.254 e. The SMILES string of the molecule is Cc1cc(F)ccc1C=C1CC(=O)NC1=O. The Kier molecular flexibility index (Phi) is 2.56. The number of benzene rings is 1. The standard InChI is InChI=1S/C12H10FNO2/c1-7-4-10(13)3-2-8(7)5-9-6-11(15)14-12(9)16/h2-5H,6H2,1H3,(H,14,15,16). The fourth-order valence-electron chi connectivity index (χ4n) is 1.61. The van der Waals surface area contributed by atoms with Gasteiger partial charge >= 0.3 is 0 Å². The van der Waals surface area contributed by atoms with Crippen molar-refractivity contribution in [2.45, 2.75) is 13.3 Å². The second-order valence-electron chi connectivity index (χ2n) is 3.72. The first-order chi connectivity index (χ1) is 7.56. The van der Waals surface area contributed by atoms with Gasteiger partial charge in [0.2, 0.25) is 5.91 Å². The molecule has 0 radical (unpaired) electrons. The van der Waals surface area contributed by atoms with Gasteiger partial charge in [0.1, 0.15) is 5.82 Å². The number of carbonyl (C=O) groups excluding carboxylic acids is 2. The predicted molar refractivity (Wildman–Crippen MR) is 56.9 cm³/mol. The van der Waals surface area contributed by atoms with Crippen molar-refractivity contribution in [3.05, 3.63) is 40.7 Å². The molecule has 3 nitrogen and oxygen atoms in total. The summed E-state index contributed by atoms with van der Waals surface area (Å²) in [4.78, 5) is 22.3. The van der Waals surface area contributed by atoms with Crippen LogP contribution in [0.1, 0.15) is 17.5 Å². The van der Waals surface area contributed by atoms with Gasteiger partial charge in [0.15, 0.2) is 0 Å². The van der Waals surface area contributed by atoms with Crippen LogP contribution in [0.5, 0.6) is 0 Å². The lowest BCUT2D eigenvalue weighted by Gasteiger charge is -2.00. The van der Waals surface area contributed by atoms with Crippen molar-refractivity contribution < 1.29 is 14.0 Å². The fraction of sp³-hybridized carbons (Fsp3) is 0.167. The van der Waals surface area contributed by atoms with Crippen LogP contribution in [-0.4, -0.2) is 11.8 Å². The van der Waals surface area contributed by atoms with Gasteiger partial charge in [-0.25, -0.2) is 4.39 Å². The molecule has 1 N–H and O–H groups in total. The molecule has 0 atom stereocenters. The van der Waals surface area contributed by atoms with E-state index in [0.717, 1.165) is 11.1 Å². The van der Waals surface area contributed by atoms with E-state index in [9.17, 15) is 14.0 Å². The van der Waals surface area contributed by atoms with Crippen LogP contribution in [0.4, 0.5) is 4.39 Å². The van der Waals surface area contributed by atoms with Crippen molar-refractivity contribution >= 4 is 17.9 Å². The summed E-state index contributed by atoms with van der Waals surface area (Å²) in [6.07, 6.45) is 1.71. The maximum absolute atomic E-state index is 12.8. The molecule has 1 saturated heterocycles. The summed E-state index contributed by atoms with van der Waals surface area (Å²) in [7, 11) is 0. The highest BCUT2D eigenvalue weighted by atomic mass is 19.1. The van der Waals surface area contributed by atoms with E-state index in [-0.39, 0.29) is 24.1 Å². The molecule has 1 aromatic carbocycles. The predicted octanol–water partition coefficient (Wildman–Crippen LogP) is 1.56. The number of aryl methyl sites for hydroxylation is 1. The van der Waals surface area contributed by atoms with Crippen molar-refractivity contribution in [2.24, 2.45) is 0 Å². The van der Waals surface area contributed by atoms with Crippen LogP contribution in [0.2, 0.25) is 0 Å². The monoisotopic (exact) mass is 219 g/mol. The summed E-state index contributed by atoms with van der Waals surface area (Å²) in [6, 6.07) is 4.31. The van der Waals surface area contributed by atoms with Crippen LogP contribution in [0, 0.1) is 12.7 Å². The highest BCUT2D eigenvalue weighted by Gasteiger charge is 2.23. The zero-order valence-corrected chi connectivity index (χ0v) is 8.71. The van der Waals surface area contributed by atoms with Crippen molar-refractivity contribution in [1.29, 1.82) is 0 Å². The van der Waals surface area contributed by atoms with Crippen molar-refractivity contribution in [3.8, 4) is 0 Å². The Morgan fingerprint density at radius 3 is 2.69 bits per heavy atom. The van der Waals surface area contributed by atoms with Crippen LogP contribution in [0.3, 0.4) is 0 Å². The Labute approximate surface area is 92.0 Å². The topological polar surface area (TPSA) is 46.2 Å². The van der Waals surface area contributed by atoms with Gasteiger partial charge in [-0.3, -0.25) is 14.9 Å². The van der Waals surface area contributed by atoms with Gasteiger partial charge < -0.3 is 0 Å². The molecule has 2 rings (SSSR count). The van der Waals surface area contributed by atoms with Gasteiger partial charge in [-0.15, -0.1) is 0 Å². The molecule has 16 heavy (non-hydrogen) atoms. The number of amides is 2. The molecule has 1 fully saturated rings.